The van der Waals surface area contributed by atoms with Gasteiger partial charge in [-0.2, -0.15) is 0 Å². The monoisotopic (exact) mass is 228 g/mol. The molecule has 0 spiro atoms. The Morgan fingerprint density at radius 2 is 1.56 bits per heavy atom. The highest BCUT2D eigenvalue weighted by Gasteiger charge is 2.17. The number of hydrogen-bond acceptors (Lipinski definition) is 2. The molecule has 0 fully saturated rings. The molecule has 94 valence electrons. The number of nitrogens with zero attached hydrogens (tertiary/aromatic N) is 2. The van der Waals surface area contributed by atoms with Crippen molar-refractivity contribution in [1.29, 1.82) is 0 Å². The van der Waals surface area contributed by atoms with Crippen molar-refractivity contribution < 1.29 is 9.59 Å². The van der Waals surface area contributed by atoms with E-state index in [1.807, 2.05) is 27.7 Å². The topological polar surface area (TPSA) is 40.6 Å². The van der Waals surface area contributed by atoms with Crippen LogP contribution in [-0.2, 0) is 9.59 Å². The molecule has 0 N–H and O–H groups in total. The van der Waals surface area contributed by atoms with E-state index in [-0.39, 0.29) is 18.4 Å². The molecule has 0 aliphatic carbocycles. The zero-order valence-corrected chi connectivity index (χ0v) is 11.1. The van der Waals surface area contributed by atoms with Crippen LogP contribution in [0.5, 0.6) is 0 Å². The lowest BCUT2D eigenvalue weighted by molar-refractivity contribution is -0.139. The maximum Gasteiger partial charge on any atom is 0.242 e. The Morgan fingerprint density at radius 3 is 1.88 bits per heavy atom. The van der Waals surface area contributed by atoms with Crippen LogP contribution in [0, 0.1) is 5.92 Å². The van der Waals surface area contributed by atoms with Gasteiger partial charge < -0.3 is 9.80 Å². The lowest BCUT2D eigenvalue weighted by Gasteiger charge is -2.26. The number of carbonyl (C=O) groups is 2. The molecular formula is C12H24N2O2. The summed E-state index contributed by atoms with van der Waals surface area (Å²) in [5, 5.41) is 0. The average Bonchev–Trinajstić information content (AvgIpc) is 2.17. The van der Waals surface area contributed by atoms with E-state index in [1.165, 1.54) is 6.92 Å². The Hall–Kier alpha value is -1.06. The van der Waals surface area contributed by atoms with E-state index < -0.39 is 0 Å². The highest BCUT2D eigenvalue weighted by Crippen LogP contribution is 2.01. The highest BCUT2D eigenvalue weighted by atomic mass is 16.2. The second-order valence-electron chi connectivity index (χ2n) is 4.36. The fourth-order valence-electron chi connectivity index (χ4n) is 1.58. The summed E-state index contributed by atoms with van der Waals surface area (Å²) >= 11 is 0. The van der Waals surface area contributed by atoms with Gasteiger partial charge in [0.05, 0.1) is 6.54 Å². The number of amides is 2. The van der Waals surface area contributed by atoms with E-state index in [1.54, 1.807) is 9.80 Å². The van der Waals surface area contributed by atoms with Gasteiger partial charge in [0.15, 0.2) is 0 Å². The largest absolute Gasteiger partial charge is 0.342 e. The second kappa shape index (κ2) is 7.25. The van der Waals surface area contributed by atoms with Gasteiger partial charge in [0.2, 0.25) is 11.8 Å². The summed E-state index contributed by atoms with van der Waals surface area (Å²) in [6, 6.07) is 0. The molecule has 0 radical (unpaired) electrons. The highest BCUT2D eigenvalue weighted by molar-refractivity contribution is 5.83. The van der Waals surface area contributed by atoms with Crippen LogP contribution in [0.2, 0.25) is 0 Å². The molecular weight excluding hydrogens is 204 g/mol. The van der Waals surface area contributed by atoms with Gasteiger partial charge in [-0.05, 0) is 19.8 Å². The first-order valence-corrected chi connectivity index (χ1v) is 5.95. The van der Waals surface area contributed by atoms with Crippen LogP contribution in [0.1, 0.15) is 34.6 Å². The minimum absolute atomic E-state index is 0.0286. The summed E-state index contributed by atoms with van der Waals surface area (Å²) in [7, 11) is 0. The summed E-state index contributed by atoms with van der Waals surface area (Å²) in [4.78, 5) is 26.6. The lowest BCUT2D eigenvalue weighted by atomic mass is 10.2. The van der Waals surface area contributed by atoms with E-state index in [0.29, 0.717) is 25.6 Å². The summed E-state index contributed by atoms with van der Waals surface area (Å²) in [5.74, 6) is 0.378. The van der Waals surface area contributed by atoms with Crippen LogP contribution in [0.3, 0.4) is 0 Å². The molecule has 0 heterocycles. The first-order valence-electron chi connectivity index (χ1n) is 5.95. The number of carbonyl (C=O) groups excluding carboxylic acids is 2. The summed E-state index contributed by atoms with van der Waals surface area (Å²) in [6.07, 6.45) is 0. The molecule has 0 saturated heterocycles. The van der Waals surface area contributed by atoms with Crippen molar-refractivity contribution in [2.45, 2.75) is 34.6 Å². The molecule has 0 aromatic rings. The van der Waals surface area contributed by atoms with Gasteiger partial charge in [-0.1, -0.05) is 13.8 Å². The van der Waals surface area contributed by atoms with E-state index in [0.717, 1.165) is 0 Å². The van der Waals surface area contributed by atoms with Crippen LogP contribution in [-0.4, -0.2) is 47.8 Å². The third kappa shape index (κ3) is 5.14. The maximum absolute atomic E-state index is 11.8. The molecule has 16 heavy (non-hydrogen) atoms. The van der Waals surface area contributed by atoms with Gasteiger partial charge in [-0.25, -0.2) is 0 Å². The predicted molar refractivity (Wildman–Crippen MR) is 65.0 cm³/mol. The minimum atomic E-state index is -0.0331. The van der Waals surface area contributed by atoms with Crippen molar-refractivity contribution >= 4 is 11.8 Å². The lowest BCUT2D eigenvalue weighted by Crippen LogP contribution is -2.43. The zero-order valence-electron chi connectivity index (χ0n) is 11.1. The Bertz CT molecular complexity index is 235. The third-order valence-electron chi connectivity index (χ3n) is 2.47. The Labute approximate surface area is 98.6 Å². The quantitative estimate of drug-likeness (QED) is 0.688. The molecule has 0 aromatic heterocycles. The molecule has 4 heteroatoms. The molecule has 0 aliphatic heterocycles. The Kier molecular flexibility index (Phi) is 6.77. The smallest absolute Gasteiger partial charge is 0.242 e. The van der Waals surface area contributed by atoms with Gasteiger partial charge in [0, 0.05) is 26.6 Å². The number of likely N-dealkylation sites (N-methyl/N-ethyl adjacent to an activating group) is 1. The zero-order chi connectivity index (χ0) is 12.7. The van der Waals surface area contributed by atoms with Gasteiger partial charge in [-0.3, -0.25) is 9.59 Å². The molecule has 0 atom stereocenters. The fraction of sp³-hybridized carbons (Fsp3) is 0.833. The van der Waals surface area contributed by atoms with Crippen LogP contribution >= 0.6 is 0 Å². The molecule has 0 aromatic carbocycles. The van der Waals surface area contributed by atoms with Gasteiger partial charge in [0.25, 0.3) is 0 Å². The summed E-state index contributed by atoms with van der Waals surface area (Å²) in [6.45, 7) is 11.7. The van der Waals surface area contributed by atoms with E-state index in [2.05, 4.69) is 0 Å². The maximum atomic E-state index is 11.8. The van der Waals surface area contributed by atoms with Crippen LogP contribution < -0.4 is 0 Å². The fourth-order valence-corrected chi connectivity index (χ4v) is 1.58. The van der Waals surface area contributed by atoms with E-state index in [9.17, 15) is 9.59 Å². The van der Waals surface area contributed by atoms with Gasteiger partial charge in [0.1, 0.15) is 0 Å². The van der Waals surface area contributed by atoms with Crippen molar-refractivity contribution in [2.24, 2.45) is 5.92 Å². The molecule has 2 amide bonds. The van der Waals surface area contributed by atoms with Crippen molar-refractivity contribution in [2.75, 3.05) is 26.2 Å². The number of hydrogen-bond donors (Lipinski definition) is 0. The molecule has 0 aliphatic rings. The van der Waals surface area contributed by atoms with Crippen molar-refractivity contribution in [3.63, 3.8) is 0 Å². The average molecular weight is 228 g/mol. The van der Waals surface area contributed by atoms with Crippen LogP contribution in [0.4, 0.5) is 0 Å². The normalized spacial score (nSPS) is 10.4. The van der Waals surface area contributed by atoms with Crippen molar-refractivity contribution in [3.8, 4) is 0 Å². The SMILES string of the molecule is CCN(CC)C(=O)CN(CC(C)C)C(C)=O. The summed E-state index contributed by atoms with van der Waals surface area (Å²) in [5.41, 5.74) is 0. The predicted octanol–water partition coefficient (Wildman–Crippen LogP) is 1.36. The standard InChI is InChI=1S/C12H24N2O2/c1-6-13(7-2)12(16)9-14(11(5)15)8-10(3)4/h10H,6-9H2,1-5H3. The minimum Gasteiger partial charge on any atom is -0.342 e. The van der Waals surface area contributed by atoms with Crippen molar-refractivity contribution in [3.05, 3.63) is 0 Å². The first-order chi connectivity index (χ1) is 7.42. The second-order valence-corrected chi connectivity index (χ2v) is 4.36. The van der Waals surface area contributed by atoms with Crippen LogP contribution in [0.25, 0.3) is 0 Å². The third-order valence-corrected chi connectivity index (χ3v) is 2.47. The van der Waals surface area contributed by atoms with E-state index >= 15 is 0 Å². The molecule has 0 bridgehead atoms. The van der Waals surface area contributed by atoms with Crippen molar-refractivity contribution in [1.82, 2.24) is 9.80 Å². The van der Waals surface area contributed by atoms with Crippen LogP contribution in [0.15, 0.2) is 0 Å². The first kappa shape index (κ1) is 14.9. The summed E-state index contributed by atoms with van der Waals surface area (Å²) < 4.78 is 0. The molecule has 0 unspecified atom stereocenters. The molecule has 4 nitrogen and oxygen atoms in total. The molecule has 0 rings (SSSR count). The van der Waals surface area contributed by atoms with E-state index in [4.69, 9.17) is 0 Å². The van der Waals surface area contributed by atoms with Gasteiger partial charge >= 0.3 is 0 Å². The Balaban J connectivity index is 4.39. The number of rotatable bonds is 6. The van der Waals surface area contributed by atoms with Gasteiger partial charge in [-0.15, -0.1) is 0 Å². The molecule has 0 saturated carbocycles. The Morgan fingerprint density at radius 1 is 1.06 bits per heavy atom.